The molecular formula is C20H24FNO4S. The van der Waals surface area contributed by atoms with Gasteiger partial charge in [-0.3, -0.25) is 4.79 Å². The lowest BCUT2D eigenvalue weighted by molar-refractivity contribution is -0.120. The Morgan fingerprint density at radius 2 is 1.85 bits per heavy atom. The van der Waals surface area contributed by atoms with Crippen LogP contribution in [-0.2, 0) is 21.2 Å². The van der Waals surface area contributed by atoms with Crippen LogP contribution in [-0.4, -0.2) is 27.2 Å². The van der Waals surface area contributed by atoms with Crippen molar-refractivity contribution in [1.82, 2.24) is 0 Å². The zero-order valence-corrected chi connectivity index (χ0v) is 16.5. The minimum absolute atomic E-state index is 0.0172. The zero-order chi connectivity index (χ0) is 20.0. The molecule has 0 fully saturated rings. The van der Waals surface area contributed by atoms with Crippen LogP contribution in [0.15, 0.2) is 48.5 Å². The molecule has 0 spiro atoms. The van der Waals surface area contributed by atoms with Gasteiger partial charge in [-0.05, 0) is 30.5 Å². The molecule has 0 aliphatic rings. The Morgan fingerprint density at radius 1 is 1.19 bits per heavy atom. The number of amides is 1. The van der Waals surface area contributed by atoms with Gasteiger partial charge in [0.1, 0.15) is 0 Å². The van der Waals surface area contributed by atoms with Crippen molar-refractivity contribution in [3.05, 3.63) is 59.9 Å². The largest absolute Gasteiger partial charge is 0.494 e. The minimum Gasteiger partial charge on any atom is -0.494 e. The number of methoxy groups -OCH3 is 1. The van der Waals surface area contributed by atoms with Crippen LogP contribution in [0.1, 0.15) is 25.8 Å². The first kappa shape index (κ1) is 20.9. The molecule has 0 aliphatic carbocycles. The highest BCUT2D eigenvalue weighted by molar-refractivity contribution is 7.93. The number of hydrogen-bond acceptors (Lipinski definition) is 4. The fourth-order valence-corrected chi connectivity index (χ4v) is 4.40. The lowest BCUT2D eigenvalue weighted by Crippen LogP contribution is -2.42. The van der Waals surface area contributed by atoms with Gasteiger partial charge in [0.05, 0.1) is 18.6 Å². The van der Waals surface area contributed by atoms with Crippen molar-refractivity contribution in [2.24, 2.45) is 5.92 Å². The SMILES string of the molecule is CCCS(=O)(=O)N(C(=O)C(C)Cc1ccccc1)c1ccc(OC)c(F)c1. The molecule has 2 aromatic carbocycles. The fraction of sp³-hybridized carbons (Fsp3) is 0.350. The van der Waals surface area contributed by atoms with Crippen LogP contribution in [0.4, 0.5) is 10.1 Å². The molecule has 1 atom stereocenters. The van der Waals surface area contributed by atoms with Crippen LogP contribution in [0.25, 0.3) is 0 Å². The van der Waals surface area contributed by atoms with Crippen molar-refractivity contribution in [2.45, 2.75) is 26.7 Å². The van der Waals surface area contributed by atoms with Crippen LogP contribution in [0.2, 0.25) is 0 Å². The van der Waals surface area contributed by atoms with E-state index in [0.717, 1.165) is 15.9 Å². The second-order valence-corrected chi connectivity index (χ2v) is 8.27. The first-order valence-electron chi connectivity index (χ1n) is 8.74. The van der Waals surface area contributed by atoms with E-state index < -0.39 is 27.7 Å². The minimum atomic E-state index is -3.92. The molecule has 27 heavy (non-hydrogen) atoms. The van der Waals surface area contributed by atoms with E-state index in [9.17, 15) is 17.6 Å². The normalized spacial score (nSPS) is 12.4. The summed E-state index contributed by atoms with van der Waals surface area (Å²) in [6.07, 6.45) is 0.730. The highest BCUT2D eigenvalue weighted by atomic mass is 32.2. The summed E-state index contributed by atoms with van der Waals surface area (Å²) in [4.78, 5) is 13.0. The number of carbonyl (C=O) groups is 1. The number of hydrogen-bond donors (Lipinski definition) is 0. The maximum absolute atomic E-state index is 14.1. The van der Waals surface area contributed by atoms with Gasteiger partial charge in [-0.15, -0.1) is 0 Å². The monoisotopic (exact) mass is 393 g/mol. The predicted octanol–water partition coefficient (Wildman–Crippen LogP) is 3.79. The highest BCUT2D eigenvalue weighted by Crippen LogP contribution is 2.28. The molecule has 2 rings (SSSR count). The van der Waals surface area contributed by atoms with Gasteiger partial charge in [-0.2, -0.15) is 0 Å². The summed E-state index contributed by atoms with van der Waals surface area (Å²) in [6.45, 7) is 3.38. The molecule has 0 aromatic heterocycles. The van der Waals surface area contributed by atoms with Crippen molar-refractivity contribution in [3.63, 3.8) is 0 Å². The third-order valence-corrected chi connectivity index (χ3v) is 5.99. The van der Waals surface area contributed by atoms with Crippen LogP contribution in [0.3, 0.4) is 0 Å². The number of rotatable bonds is 8. The average molecular weight is 393 g/mol. The van der Waals surface area contributed by atoms with E-state index in [1.165, 1.54) is 19.2 Å². The van der Waals surface area contributed by atoms with Crippen LogP contribution in [0, 0.1) is 11.7 Å². The van der Waals surface area contributed by atoms with E-state index >= 15 is 0 Å². The predicted molar refractivity (Wildman–Crippen MR) is 104 cm³/mol. The van der Waals surface area contributed by atoms with E-state index in [2.05, 4.69) is 0 Å². The van der Waals surface area contributed by atoms with E-state index in [1.807, 2.05) is 30.3 Å². The van der Waals surface area contributed by atoms with Crippen molar-refractivity contribution in [1.29, 1.82) is 0 Å². The molecule has 7 heteroatoms. The third-order valence-electron chi connectivity index (χ3n) is 4.12. The first-order chi connectivity index (χ1) is 12.8. The number of carbonyl (C=O) groups excluding carboxylic acids is 1. The number of benzene rings is 2. The fourth-order valence-electron chi connectivity index (χ4n) is 2.81. The molecule has 0 radical (unpaired) electrons. The van der Waals surface area contributed by atoms with Crippen molar-refractivity contribution in [3.8, 4) is 5.75 Å². The molecule has 0 saturated heterocycles. The lowest BCUT2D eigenvalue weighted by atomic mass is 10.0. The van der Waals surface area contributed by atoms with Gasteiger partial charge in [0.15, 0.2) is 11.6 Å². The highest BCUT2D eigenvalue weighted by Gasteiger charge is 2.32. The van der Waals surface area contributed by atoms with Crippen LogP contribution >= 0.6 is 0 Å². The molecule has 0 aliphatic heterocycles. The molecule has 0 N–H and O–H groups in total. The smallest absolute Gasteiger partial charge is 0.243 e. The summed E-state index contributed by atoms with van der Waals surface area (Å²) in [5, 5.41) is 0. The summed E-state index contributed by atoms with van der Waals surface area (Å²) < 4.78 is 45.2. The Morgan fingerprint density at radius 3 is 2.41 bits per heavy atom. The van der Waals surface area contributed by atoms with Gasteiger partial charge in [0.2, 0.25) is 15.9 Å². The molecule has 1 amide bonds. The quantitative estimate of drug-likeness (QED) is 0.685. The summed E-state index contributed by atoms with van der Waals surface area (Å²) in [7, 11) is -2.61. The van der Waals surface area contributed by atoms with E-state index in [-0.39, 0.29) is 17.2 Å². The maximum Gasteiger partial charge on any atom is 0.243 e. The molecule has 5 nitrogen and oxygen atoms in total. The van der Waals surface area contributed by atoms with Gasteiger partial charge < -0.3 is 4.74 Å². The van der Waals surface area contributed by atoms with Crippen molar-refractivity contribution in [2.75, 3.05) is 17.2 Å². The van der Waals surface area contributed by atoms with E-state index in [1.54, 1.807) is 13.8 Å². The number of ether oxygens (including phenoxy) is 1. The Kier molecular flexibility index (Phi) is 6.96. The third kappa shape index (κ3) is 5.07. The standard InChI is InChI=1S/C20H24FNO4S/c1-4-12-27(24,25)22(17-10-11-19(26-3)18(21)14-17)20(23)15(2)13-16-8-6-5-7-9-16/h5-11,14-15H,4,12-13H2,1-3H3. The molecular weight excluding hydrogens is 369 g/mol. The molecule has 0 saturated carbocycles. The second kappa shape index (κ2) is 8.99. The van der Waals surface area contributed by atoms with Crippen LogP contribution in [0.5, 0.6) is 5.75 Å². The first-order valence-corrected chi connectivity index (χ1v) is 10.4. The van der Waals surface area contributed by atoms with Gasteiger partial charge in [-0.1, -0.05) is 44.2 Å². The summed E-state index contributed by atoms with van der Waals surface area (Å²) in [5.74, 6) is -2.13. The van der Waals surface area contributed by atoms with Gasteiger partial charge in [-0.25, -0.2) is 17.1 Å². The number of sulfonamides is 1. The molecule has 0 bridgehead atoms. The number of nitrogens with zero attached hydrogens (tertiary/aromatic N) is 1. The average Bonchev–Trinajstić information content (AvgIpc) is 2.62. The molecule has 146 valence electrons. The molecule has 0 heterocycles. The van der Waals surface area contributed by atoms with Crippen LogP contribution < -0.4 is 9.04 Å². The zero-order valence-electron chi connectivity index (χ0n) is 15.7. The Balaban J connectivity index is 2.40. The Hall–Kier alpha value is -2.41. The summed E-state index contributed by atoms with van der Waals surface area (Å²) in [5.41, 5.74) is 0.902. The van der Waals surface area contributed by atoms with Gasteiger partial charge in [0, 0.05) is 12.0 Å². The summed E-state index contributed by atoms with van der Waals surface area (Å²) >= 11 is 0. The molecule has 1 unspecified atom stereocenters. The maximum atomic E-state index is 14.1. The Bertz CT molecular complexity index is 884. The van der Waals surface area contributed by atoms with Crippen molar-refractivity contribution >= 4 is 21.6 Å². The topological polar surface area (TPSA) is 63.7 Å². The summed E-state index contributed by atoms with van der Waals surface area (Å²) in [6, 6.07) is 13.0. The number of halogens is 1. The lowest BCUT2D eigenvalue weighted by Gasteiger charge is -2.25. The second-order valence-electron chi connectivity index (χ2n) is 6.33. The van der Waals surface area contributed by atoms with E-state index in [0.29, 0.717) is 12.8 Å². The Labute approximate surface area is 159 Å². The van der Waals surface area contributed by atoms with Crippen molar-refractivity contribution < 1.29 is 22.3 Å². The number of anilines is 1. The van der Waals surface area contributed by atoms with E-state index in [4.69, 9.17) is 4.74 Å². The van der Waals surface area contributed by atoms with Gasteiger partial charge >= 0.3 is 0 Å². The van der Waals surface area contributed by atoms with Gasteiger partial charge in [0.25, 0.3) is 0 Å². The molecule has 2 aromatic rings.